The molecule has 7 heteroatoms. The van der Waals surface area contributed by atoms with Gasteiger partial charge in [0.05, 0.1) is 17.7 Å². The molecule has 0 saturated heterocycles. The Kier molecular flexibility index (Phi) is 8.89. The van der Waals surface area contributed by atoms with Crippen LogP contribution in [0.5, 0.6) is 5.75 Å². The van der Waals surface area contributed by atoms with Crippen molar-refractivity contribution >= 4 is 11.9 Å². The maximum atomic E-state index is 12.6. The molecular formula is C23H25F3O4. The van der Waals surface area contributed by atoms with Crippen LogP contribution in [0.25, 0.3) is 0 Å². The van der Waals surface area contributed by atoms with E-state index in [0.29, 0.717) is 18.6 Å². The van der Waals surface area contributed by atoms with Gasteiger partial charge >= 0.3 is 18.1 Å². The van der Waals surface area contributed by atoms with Gasteiger partial charge in [0.15, 0.2) is 0 Å². The van der Waals surface area contributed by atoms with E-state index < -0.39 is 17.7 Å². The van der Waals surface area contributed by atoms with Crippen LogP contribution in [0, 0.1) is 0 Å². The summed E-state index contributed by atoms with van der Waals surface area (Å²) >= 11 is 0. The van der Waals surface area contributed by atoms with Crippen LogP contribution in [-0.4, -0.2) is 18.5 Å². The first kappa shape index (κ1) is 23.4. The molecule has 0 fully saturated rings. The fourth-order valence-corrected chi connectivity index (χ4v) is 2.76. The van der Waals surface area contributed by atoms with E-state index in [1.54, 1.807) is 19.1 Å². The second-order valence-electron chi connectivity index (χ2n) is 6.85. The van der Waals surface area contributed by atoms with E-state index in [2.05, 4.69) is 0 Å². The van der Waals surface area contributed by atoms with Crippen molar-refractivity contribution in [3.05, 3.63) is 65.2 Å². The quantitative estimate of drug-likeness (QED) is 0.268. The van der Waals surface area contributed by atoms with Crippen molar-refractivity contribution in [1.29, 1.82) is 0 Å². The molecule has 0 radical (unpaired) electrons. The molecule has 0 aliphatic rings. The molecule has 0 unspecified atom stereocenters. The molecule has 0 aliphatic carbocycles. The molecule has 0 aliphatic heterocycles. The molecule has 2 aromatic carbocycles. The van der Waals surface area contributed by atoms with Crippen LogP contribution in [0.2, 0.25) is 0 Å². The standard InChI is InChI=1S/C23H25F3O4/c1-2-21(27)29-16-6-4-3-5-7-17-8-10-18(11-9-17)22(28)30-20-14-12-19(13-15-20)23(24,25)26/h8-15H,2-7,16H2,1H3. The van der Waals surface area contributed by atoms with Crippen LogP contribution in [0.3, 0.4) is 0 Å². The lowest BCUT2D eigenvalue weighted by Gasteiger charge is -2.08. The summed E-state index contributed by atoms with van der Waals surface area (Å²) in [6.45, 7) is 2.23. The number of aryl methyl sites for hydroxylation is 1. The van der Waals surface area contributed by atoms with Crippen LogP contribution >= 0.6 is 0 Å². The number of unbranched alkanes of at least 4 members (excludes halogenated alkanes) is 3. The molecule has 0 bridgehead atoms. The van der Waals surface area contributed by atoms with Gasteiger partial charge in [-0.2, -0.15) is 13.2 Å². The van der Waals surface area contributed by atoms with Crippen molar-refractivity contribution in [2.75, 3.05) is 6.61 Å². The molecule has 0 amide bonds. The van der Waals surface area contributed by atoms with Crippen molar-refractivity contribution in [1.82, 2.24) is 0 Å². The lowest BCUT2D eigenvalue weighted by atomic mass is 10.0. The Morgan fingerprint density at radius 2 is 1.50 bits per heavy atom. The Morgan fingerprint density at radius 1 is 0.867 bits per heavy atom. The summed E-state index contributed by atoms with van der Waals surface area (Å²) in [6, 6.07) is 11.0. The predicted octanol–water partition coefficient (Wildman–Crippen LogP) is 5.98. The third-order valence-corrected chi connectivity index (χ3v) is 4.49. The second-order valence-corrected chi connectivity index (χ2v) is 6.85. The van der Waals surface area contributed by atoms with Gasteiger partial charge in [-0.05, 0) is 61.2 Å². The molecule has 0 aromatic heterocycles. The summed E-state index contributed by atoms with van der Waals surface area (Å²) in [4.78, 5) is 23.2. The first-order valence-corrected chi connectivity index (χ1v) is 9.93. The van der Waals surface area contributed by atoms with Gasteiger partial charge in [0.25, 0.3) is 0 Å². The summed E-state index contributed by atoms with van der Waals surface area (Å²) in [5.74, 6) is -0.739. The minimum Gasteiger partial charge on any atom is -0.466 e. The summed E-state index contributed by atoms with van der Waals surface area (Å²) < 4.78 is 47.9. The van der Waals surface area contributed by atoms with Gasteiger partial charge in [-0.1, -0.05) is 31.9 Å². The minimum atomic E-state index is -4.43. The van der Waals surface area contributed by atoms with Gasteiger partial charge in [-0.3, -0.25) is 4.79 Å². The van der Waals surface area contributed by atoms with Gasteiger partial charge in [0, 0.05) is 6.42 Å². The third kappa shape index (κ3) is 7.89. The first-order chi connectivity index (χ1) is 14.3. The number of benzene rings is 2. The number of carbonyl (C=O) groups excluding carboxylic acids is 2. The average Bonchev–Trinajstić information content (AvgIpc) is 2.73. The summed E-state index contributed by atoms with van der Waals surface area (Å²) in [7, 11) is 0. The van der Waals surface area contributed by atoms with E-state index in [9.17, 15) is 22.8 Å². The maximum absolute atomic E-state index is 12.6. The molecule has 0 heterocycles. The van der Waals surface area contributed by atoms with E-state index in [1.165, 1.54) is 0 Å². The Hall–Kier alpha value is -2.83. The number of hydrogen-bond acceptors (Lipinski definition) is 4. The van der Waals surface area contributed by atoms with E-state index in [4.69, 9.17) is 9.47 Å². The summed E-state index contributed by atoms with van der Waals surface area (Å²) in [5, 5.41) is 0. The number of hydrogen-bond donors (Lipinski definition) is 0. The molecule has 2 aromatic rings. The highest BCUT2D eigenvalue weighted by atomic mass is 19.4. The molecule has 0 saturated carbocycles. The topological polar surface area (TPSA) is 52.6 Å². The van der Waals surface area contributed by atoms with Crippen LogP contribution < -0.4 is 4.74 Å². The maximum Gasteiger partial charge on any atom is 0.416 e. The van der Waals surface area contributed by atoms with E-state index in [0.717, 1.165) is 61.9 Å². The first-order valence-electron chi connectivity index (χ1n) is 9.93. The molecule has 0 atom stereocenters. The molecule has 30 heavy (non-hydrogen) atoms. The molecule has 162 valence electrons. The van der Waals surface area contributed by atoms with Gasteiger partial charge in [0.2, 0.25) is 0 Å². The number of carbonyl (C=O) groups is 2. The van der Waals surface area contributed by atoms with E-state index >= 15 is 0 Å². The predicted molar refractivity (Wildman–Crippen MR) is 106 cm³/mol. The largest absolute Gasteiger partial charge is 0.466 e. The van der Waals surface area contributed by atoms with Gasteiger partial charge in [0.1, 0.15) is 5.75 Å². The summed E-state index contributed by atoms with van der Waals surface area (Å²) in [6.07, 6.45) is 0.657. The number of ether oxygens (including phenoxy) is 2. The Bertz CT molecular complexity index is 812. The molecule has 2 rings (SSSR count). The molecular weight excluding hydrogens is 397 g/mol. The Morgan fingerprint density at radius 3 is 2.10 bits per heavy atom. The van der Waals surface area contributed by atoms with Crippen LogP contribution in [-0.2, 0) is 22.1 Å². The normalized spacial score (nSPS) is 11.2. The number of rotatable bonds is 10. The van der Waals surface area contributed by atoms with Gasteiger partial charge in [-0.25, -0.2) is 4.79 Å². The van der Waals surface area contributed by atoms with Crippen molar-refractivity contribution in [3.63, 3.8) is 0 Å². The van der Waals surface area contributed by atoms with Crippen molar-refractivity contribution in [3.8, 4) is 5.75 Å². The minimum absolute atomic E-state index is 0.0571. The van der Waals surface area contributed by atoms with Crippen molar-refractivity contribution in [2.45, 2.75) is 51.6 Å². The third-order valence-electron chi connectivity index (χ3n) is 4.49. The Labute approximate surface area is 174 Å². The van der Waals surface area contributed by atoms with Crippen molar-refractivity contribution in [2.24, 2.45) is 0 Å². The summed E-state index contributed by atoms with van der Waals surface area (Å²) in [5.41, 5.74) is 0.614. The second kappa shape index (κ2) is 11.4. The zero-order chi connectivity index (χ0) is 22.0. The molecule has 0 spiro atoms. The zero-order valence-corrected chi connectivity index (χ0v) is 16.8. The number of esters is 2. The van der Waals surface area contributed by atoms with Crippen LogP contribution in [0.15, 0.2) is 48.5 Å². The van der Waals surface area contributed by atoms with Gasteiger partial charge in [-0.15, -0.1) is 0 Å². The Balaban J connectivity index is 1.73. The molecule has 0 N–H and O–H groups in total. The number of alkyl halides is 3. The van der Waals surface area contributed by atoms with Crippen molar-refractivity contribution < 1.29 is 32.2 Å². The SMILES string of the molecule is CCC(=O)OCCCCCCc1ccc(C(=O)Oc2ccc(C(F)(F)F)cc2)cc1. The highest BCUT2D eigenvalue weighted by Crippen LogP contribution is 2.30. The smallest absolute Gasteiger partial charge is 0.416 e. The number of halogens is 3. The average molecular weight is 422 g/mol. The van der Waals surface area contributed by atoms with E-state index in [-0.39, 0.29) is 11.7 Å². The fraction of sp³-hybridized carbons (Fsp3) is 0.391. The van der Waals surface area contributed by atoms with Crippen LogP contribution in [0.1, 0.15) is 60.5 Å². The highest BCUT2D eigenvalue weighted by Gasteiger charge is 2.30. The molecule has 4 nitrogen and oxygen atoms in total. The lowest BCUT2D eigenvalue weighted by Crippen LogP contribution is -2.09. The highest BCUT2D eigenvalue weighted by molar-refractivity contribution is 5.91. The lowest BCUT2D eigenvalue weighted by molar-refractivity contribution is -0.143. The monoisotopic (exact) mass is 422 g/mol. The fourth-order valence-electron chi connectivity index (χ4n) is 2.76. The van der Waals surface area contributed by atoms with Crippen LogP contribution in [0.4, 0.5) is 13.2 Å². The van der Waals surface area contributed by atoms with E-state index in [1.807, 2.05) is 12.1 Å². The zero-order valence-electron chi connectivity index (χ0n) is 16.8. The van der Waals surface area contributed by atoms with Gasteiger partial charge < -0.3 is 9.47 Å².